The molecule has 0 bridgehead atoms. The van der Waals surface area contributed by atoms with E-state index >= 15 is 0 Å². The normalized spacial score (nSPS) is 9.85. The molecule has 0 saturated carbocycles. The molecule has 0 aliphatic heterocycles. The molecule has 2 aromatic carbocycles. The fourth-order valence-electron chi connectivity index (χ4n) is 2.07. The average molecular weight is 453 g/mol. The van der Waals surface area contributed by atoms with Gasteiger partial charge in [-0.05, 0) is 64.0 Å². The van der Waals surface area contributed by atoms with Crippen LogP contribution in [0.2, 0.25) is 10.0 Å². The minimum Gasteiger partial charge on any atom is -0.399 e. The van der Waals surface area contributed by atoms with E-state index in [1.54, 1.807) is 36.7 Å². The van der Waals surface area contributed by atoms with E-state index in [4.69, 9.17) is 28.9 Å². The zero-order valence-corrected chi connectivity index (χ0v) is 16.9. The monoisotopic (exact) mass is 451 g/mol. The van der Waals surface area contributed by atoms with Gasteiger partial charge in [-0.1, -0.05) is 29.3 Å². The summed E-state index contributed by atoms with van der Waals surface area (Å²) in [6.45, 7) is 1.45. The lowest BCUT2D eigenvalue weighted by Crippen LogP contribution is -2.05. The van der Waals surface area contributed by atoms with Crippen LogP contribution in [0, 0.1) is 0 Å². The maximum Gasteiger partial charge on any atom is 0.221 e. The Hall–Kier alpha value is -2.08. The maximum absolute atomic E-state index is 10.6. The minimum atomic E-state index is -0.103. The third kappa shape index (κ3) is 6.02. The van der Waals surface area contributed by atoms with Gasteiger partial charge in [-0.25, -0.2) is 0 Å². The molecule has 0 radical (unpaired) electrons. The number of anilines is 2. The topological polar surface area (TPSA) is 68.0 Å². The number of hydrogen-bond donors (Lipinski definition) is 2. The molecule has 4 nitrogen and oxygen atoms in total. The molecule has 0 fully saturated rings. The highest BCUT2D eigenvalue weighted by Crippen LogP contribution is 2.28. The third-order valence-electron chi connectivity index (χ3n) is 3.22. The van der Waals surface area contributed by atoms with Gasteiger partial charge >= 0.3 is 0 Å². The number of rotatable bonds is 2. The molecule has 0 atom stereocenters. The lowest BCUT2D eigenvalue weighted by molar-refractivity contribution is -0.114. The number of hydrogen-bond acceptors (Lipinski definition) is 3. The molecule has 3 N–H and O–H groups in total. The first-order chi connectivity index (χ1) is 12.4. The summed E-state index contributed by atoms with van der Waals surface area (Å²) in [4.78, 5) is 14.6. The lowest BCUT2D eigenvalue weighted by atomic mass is 10.1. The summed E-state index contributed by atoms with van der Waals surface area (Å²) in [7, 11) is 0. The Labute approximate surface area is 170 Å². The molecule has 3 aromatic rings. The van der Waals surface area contributed by atoms with E-state index in [1.807, 2.05) is 24.3 Å². The standard InChI is InChI=1S/C11H9ClN2.C8H7BrClNO/c12-11-7-9(13)1-2-10(11)8-3-5-14-6-4-8;1-5(12)11-6-2-3-7(9)8(10)4-6/h1-7H,13H2;2-4H,1H3,(H,11,12). The van der Waals surface area contributed by atoms with E-state index in [9.17, 15) is 4.79 Å². The predicted octanol–water partition coefficient (Wildman–Crippen LogP) is 6.05. The summed E-state index contributed by atoms with van der Waals surface area (Å²) < 4.78 is 0.818. The van der Waals surface area contributed by atoms with Gasteiger partial charge in [0.15, 0.2) is 0 Å². The molecule has 0 spiro atoms. The van der Waals surface area contributed by atoms with Gasteiger partial charge in [0.2, 0.25) is 5.91 Å². The molecule has 1 heterocycles. The molecule has 0 aliphatic rings. The molecular weight excluding hydrogens is 437 g/mol. The van der Waals surface area contributed by atoms with Gasteiger partial charge in [0, 0.05) is 40.7 Å². The second-order valence-corrected chi connectivity index (χ2v) is 6.95. The molecular formula is C19H16BrCl2N3O. The van der Waals surface area contributed by atoms with Gasteiger partial charge in [-0.2, -0.15) is 0 Å². The Balaban J connectivity index is 0.000000190. The Morgan fingerprint density at radius 1 is 1.04 bits per heavy atom. The van der Waals surface area contributed by atoms with Crippen molar-refractivity contribution < 1.29 is 4.79 Å². The molecule has 1 amide bonds. The quantitative estimate of drug-likeness (QED) is 0.465. The molecule has 26 heavy (non-hydrogen) atoms. The van der Waals surface area contributed by atoms with Crippen molar-refractivity contribution in [2.75, 3.05) is 11.1 Å². The average Bonchev–Trinajstić information content (AvgIpc) is 2.59. The van der Waals surface area contributed by atoms with E-state index in [-0.39, 0.29) is 5.91 Å². The molecule has 0 saturated heterocycles. The van der Waals surface area contributed by atoms with Gasteiger partial charge in [-0.15, -0.1) is 0 Å². The molecule has 134 valence electrons. The number of nitrogens with zero attached hydrogens (tertiary/aromatic N) is 1. The second-order valence-electron chi connectivity index (χ2n) is 5.29. The van der Waals surface area contributed by atoms with Crippen molar-refractivity contribution in [3.8, 4) is 11.1 Å². The Bertz CT molecular complexity index is 905. The largest absolute Gasteiger partial charge is 0.399 e. The van der Waals surface area contributed by atoms with Crippen LogP contribution < -0.4 is 11.1 Å². The van der Waals surface area contributed by atoms with E-state index in [1.165, 1.54) is 6.92 Å². The number of nitrogen functional groups attached to an aromatic ring is 1. The molecule has 3 rings (SSSR count). The number of carbonyl (C=O) groups is 1. The van der Waals surface area contributed by atoms with Crippen molar-refractivity contribution in [1.29, 1.82) is 0 Å². The Morgan fingerprint density at radius 2 is 1.73 bits per heavy atom. The zero-order chi connectivity index (χ0) is 19.1. The van der Waals surface area contributed by atoms with Crippen molar-refractivity contribution in [3.63, 3.8) is 0 Å². The summed E-state index contributed by atoms with van der Waals surface area (Å²) in [5.41, 5.74) is 9.01. The number of halogens is 3. The minimum absolute atomic E-state index is 0.103. The fourth-order valence-corrected chi connectivity index (χ4v) is 2.80. The van der Waals surface area contributed by atoms with E-state index in [0.29, 0.717) is 21.4 Å². The van der Waals surface area contributed by atoms with Gasteiger partial charge in [0.25, 0.3) is 0 Å². The van der Waals surface area contributed by atoms with Crippen LogP contribution in [-0.4, -0.2) is 10.9 Å². The Kier molecular flexibility index (Phi) is 7.45. The van der Waals surface area contributed by atoms with Gasteiger partial charge in [0.05, 0.1) is 10.0 Å². The highest BCUT2D eigenvalue weighted by atomic mass is 79.9. The van der Waals surface area contributed by atoms with Crippen LogP contribution in [0.15, 0.2) is 65.4 Å². The fraction of sp³-hybridized carbons (Fsp3) is 0.0526. The van der Waals surface area contributed by atoms with Crippen LogP contribution >= 0.6 is 39.1 Å². The van der Waals surface area contributed by atoms with E-state index in [2.05, 4.69) is 26.2 Å². The van der Waals surface area contributed by atoms with Crippen molar-refractivity contribution in [3.05, 3.63) is 75.4 Å². The summed E-state index contributed by atoms with van der Waals surface area (Å²) in [6.07, 6.45) is 3.48. The molecule has 0 aliphatic carbocycles. The van der Waals surface area contributed by atoms with Crippen molar-refractivity contribution in [1.82, 2.24) is 4.98 Å². The van der Waals surface area contributed by atoms with Crippen LogP contribution in [0.5, 0.6) is 0 Å². The number of nitrogens with one attached hydrogen (secondary N) is 1. The maximum atomic E-state index is 10.6. The third-order valence-corrected chi connectivity index (χ3v) is 4.77. The number of aromatic nitrogens is 1. The van der Waals surface area contributed by atoms with Gasteiger partial charge in [-0.3, -0.25) is 9.78 Å². The van der Waals surface area contributed by atoms with Crippen LogP contribution in [0.4, 0.5) is 11.4 Å². The van der Waals surface area contributed by atoms with Gasteiger partial charge < -0.3 is 11.1 Å². The lowest BCUT2D eigenvalue weighted by Gasteiger charge is -2.04. The number of amides is 1. The summed E-state index contributed by atoms with van der Waals surface area (Å²) in [5.74, 6) is -0.103. The molecule has 7 heteroatoms. The van der Waals surface area contributed by atoms with E-state index < -0.39 is 0 Å². The van der Waals surface area contributed by atoms with E-state index in [0.717, 1.165) is 15.6 Å². The summed E-state index contributed by atoms with van der Waals surface area (Å²) in [5, 5.41) is 3.88. The van der Waals surface area contributed by atoms with Crippen molar-refractivity contribution in [2.45, 2.75) is 6.92 Å². The Morgan fingerprint density at radius 3 is 2.31 bits per heavy atom. The van der Waals surface area contributed by atoms with Crippen LogP contribution in [0.25, 0.3) is 11.1 Å². The summed E-state index contributed by atoms with van der Waals surface area (Å²) >= 11 is 15.1. The first kappa shape index (κ1) is 20.2. The molecule has 0 unspecified atom stereocenters. The first-order valence-electron chi connectivity index (χ1n) is 7.55. The number of benzene rings is 2. The number of carbonyl (C=O) groups excluding carboxylic acids is 1. The smallest absolute Gasteiger partial charge is 0.221 e. The predicted molar refractivity (Wildman–Crippen MR) is 113 cm³/mol. The van der Waals surface area contributed by atoms with Crippen LogP contribution in [0.1, 0.15) is 6.92 Å². The number of nitrogens with two attached hydrogens (primary N) is 1. The van der Waals surface area contributed by atoms with Crippen molar-refractivity contribution >= 4 is 56.4 Å². The number of pyridine rings is 1. The summed E-state index contributed by atoms with van der Waals surface area (Å²) in [6, 6.07) is 14.6. The van der Waals surface area contributed by atoms with Crippen LogP contribution in [0.3, 0.4) is 0 Å². The second kappa shape index (κ2) is 9.57. The highest BCUT2D eigenvalue weighted by molar-refractivity contribution is 9.10. The SMILES string of the molecule is CC(=O)Nc1ccc(Br)c(Cl)c1.Nc1ccc(-c2ccncc2)c(Cl)c1. The molecule has 1 aromatic heterocycles. The van der Waals surface area contributed by atoms with Crippen molar-refractivity contribution in [2.24, 2.45) is 0 Å². The first-order valence-corrected chi connectivity index (χ1v) is 9.10. The van der Waals surface area contributed by atoms with Crippen LogP contribution in [-0.2, 0) is 4.79 Å². The highest BCUT2D eigenvalue weighted by Gasteiger charge is 2.02. The zero-order valence-electron chi connectivity index (χ0n) is 13.8. The van der Waals surface area contributed by atoms with Gasteiger partial charge in [0.1, 0.15) is 0 Å².